The summed E-state index contributed by atoms with van der Waals surface area (Å²) in [5.41, 5.74) is 9.71. The van der Waals surface area contributed by atoms with Crippen LogP contribution >= 0.6 is 0 Å². The Morgan fingerprint density at radius 2 is 0.867 bits per heavy atom. The standard InChI is InChI=1S/C29H27N/c1-22-14-18-25(19-15-22)29(26-20-16-23(2)17-21-26)24(3)30(27-10-6-4-7-11-27)28-12-8-5-9-13-28/h4-21H,1-3H3. The number of hydrogen-bond acceptors (Lipinski definition) is 1. The van der Waals surface area contributed by atoms with Gasteiger partial charge in [0.1, 0.15) is 0 Å². The predicted octanol–water partition coefficient (Wildman–Crippen LogP) is 7.92. The third-order valence-electron chi connectivity index (χ3n) is 5.41. The van der Waals surface area contributed by atoms with E-state index < -0.39 is 0 Å². The number of hydrogen-bond donors (Lipinski definition) is 0. The van der Waals surface area contributed by atoms with Crippen molar-refractivity contribution in [1.29, 1.82) is 0 Å². The van der Waals surface area contributed by atoms with Crippen molar-refractivity contribution in [1.82, 2.24) is 0 Å². The number of nitrogens with zero attached hydrogens (tertiary/aromatic N) is 1. The summed E-state index contributed by atoms with van der Waals surface area (Å²) in [6.07, 6.45) is 0. The second-order valence-electron chi connectivity index (χ2n) is 7.70. The van der Waals surface area contributed by atoms with Crippen molar-refractivity contribution in [2.45, 2.75) is 20.8 Å². The highest BCUT2D eigenvalue weighted by Gasteiger charge is 2.17. The van der Waals surface area contributed by atoms with Crippen LogP contribution in [-0.4, -0.2) is 0 Å². The molecule has 0 N–H and O–H groups in total. The maximum absolute atomic E-state index is 2.34. The molecule has 30 heavy (non-hydrogen) atoms. The average Bonchev–Trinajstić information content (AvgIpc) is 2.78. The van der Waals surface area contributed by atoms with E-state index in [1.54, 1.807) is 0 Å². The Hall–Kier alpha value is -3.58. The summed E-state index contributed by atoms with van der Waals surface area (Å²) in [6, 6.07) is 38.8. The van der Waals surface area contributed by atoms with E-state index in [0.717, 1.165) is 11.4 Å². The van der Waals surface area contributed by atoms with Crippen molar-refractivity contribution in [3.05, 3.63) is 137 Å². The molecule has 0 aromatic heterocycles. The lowest BCUT2D eigenvalue weighted by Crippen LogP contribution is -2.16. The highest BCUT2D eigenvalue weighted by atomic mass is 15.1. The number of para-hydroxylation sites is 2. The highest BCUT2D eigenvalue weighted by molar-refractivity contribution is 5.87. The Balaban J connectivity index is 1.98. The Kier molecular flexibility index (Phi) is 5.81. The van der Waals surface area contributed by atoms with Crippen LogP contribution in [0.2, 0.25) is 0 Å². The molecule has 4 rings (SSSR count). The maximum Gasteiger partial charge on any atom is 0.0458 e. The molecule has 0 spiro atoms. The van der Waals surface area contributed by atoms with Crippen LogP contribution in [0.5, 0.6) is 0 Å². The molecule has 0 aliphatic rings. The van der Waals surface area contributed by atoms with Crippen LogP contribution in [-0.2, 0) is 0 Å². The van der Waals surface area contributed by atoms with Gasteiger partial charge in [0.15, 0.2) is 0 Å². The topological polar surface area (TPSA) is 3.24 Å². The monoisotopic (exact) mass is 389 g/mol. The van der Waals surface area contributed by atoms with Gasteiger partial charge in [-0.25, -0.2) is 0 Å². The van der Waals surface area contributed by atoms with Crippen LogP contribution in [0.25, 0.3) is 5.57 Å². The normalized spacial score (nSPS) is 10.5. The first-order valence-corrected chi connectivity index (χ1v) is 10.4. The number of benzene rings is 4. The molecule has 4 aromatic rings. The zero-order valence-corrected chi connectivity index (χ0v) is 17.8. The van der Waals surface area contributed by atoms with Gasteiger partial charge in [-0.1, -0.05) is 96.1 Å². The maximum atomic E-state index is 2.34. The minimum Gasteiger partial charge on any atom is -0.314 e. The zero-order chi connectivity index (χ0) is 20.9. The third-order valence-corrected chi connectivity index (χ3v) is 5.41. The molecule has 0 radical (unpaired) electrons. The van der Waals surface area contributed by atoms with Crippen molar-refractivity contribution in [3.8, 4) is 0 Å². The number of allylic oxidation sites excluding steroid dienone is 1. The van der Waals surface area contributed by atoms with Crippen LogP contribution in [0.15, 0.2) is 115 Å². The Morgan fingerprint density at radius 3 is 1.23 bits per heavy atom. The molecule has 148 valence electrons. The summed E-state index contributed by atoms with van der Waals surface area (Å²) >= 11 is 0. The van der Waals surface area contributed by atoms with E-state index in [2.05, 4.69) is 135 Å². The van der Waals surface area contributed by atoms with Crippen molar-refractivity contribution in [2.24, 2.45) is 0 Å². The van der Waals surface area contributed by atoms with Crippen molar-refractivity contribution in [2.75, 3.05) is 4.90 Å². The smallest absolute Gasteiger partial charge is 0.0458 e. The van der Waals surface area contributed by atoms with Crippen LogP contribution in [0, 0.1) is 13.8 Å². The van der Waals surface area contributed by atoms with Gasteiger partial charge in [-0.15, -0.1) is 0 Å². The van der Waals surface area contributed by atoms with Gasteiger partial charge < -0.3 is 4.90 Å². The summed E-state index contributed by atoms with van der Waals surface area (Å²) in [4.78, 5) is 2.34. The molecular weight excluding hydrogens is 362 g/mol. The lowest BCUT2D eigenvalue weighted by molar-refractivity contribution is 1.16. The van der Waals surface area contributed by atoms with E-state index in [1.165, 1.54) is 33.5 Å². The molecule has 0 atom stereocenters. The Morgan fingerprint density at radius 1 is 0.500 bits per heavy atom. The number of rotatable bonds is 5. The van der Waals surface area contributed by atoms with Crippen LogP contribution < -0.4 is 4.90 Å². The molecule has 0 saturated carbocycles. The first-order valence-electron chi connectivity index (χ1n) is 10.4. The molecule has 4 aromatic carbocycles. The second-order valence-corrected chi connectivity index (χ2v) is 7.70. The summed E-state index contributed by atoms with van der Waals surface area (Å²) in [7, 11) is 0. The molecule has 1 nitrogen and oxygen atoms in total. The lowest BCUT2D eigenvalue weighted by atomic mass is 9.94. The second kappa shape index (κ2) is 8.84. The first-order chi connectivity index (χ1) is 14.6. The van der Waals surface area contributed by atoms with Gasteiger partial charge in [0.05, 0.1) is 0 Å². The quantitative estimate of drug-likeness (QED) is 0.335. The molecule has 0 unspecified atom stereocenters. The van der Waals surface area contributed by atoms with E-state index in [1.807, 2.05) is 0 Å². The van der Waals surface area contributed by atoms with Gasteiger partial charge in [-0.3, -0.25) is 0 Å². The minimum absolute atomic E-state index is 1.15. The Bertz CT molecular complexity index is 1040. The van der Waals surface area contributed by atoms with Gasteiger partial charge in [0, 0.05) is 22.6 Å². The van der Waals surface area contributed by atoms with Crippen molar-refractivity contribution >= 4 is 16.9 Å². The minimum atomic E-state index is 1.15. The van der Waals surface area contributed by atoms with Crippen molar-refractivity contribution in [3.63, 3.8) is 0 Å². The fourth-order valence-electron chi connectivity index (χ4n) is 3.83. The van der Waals surface area contributed by atoms with E-state index in [0.29, 0.717) is 0 Å². The van der Waals surface area contributed by atoms with E-state index in [9.17, 15) is 0 Å². The van der Waals surface area contributed by atoms with Crippen molar-refractivity contribution < 1.29 is 0 Å². The fraction of sp³-hybridized carbons (Fsp3) is 0.103. The molecular formula is C29H27N. The van der Waals surface area contributed by atoms with Gasteiger partial charge in [-0.05, 0) is 56.2 Å². The van der Waals surface area contributed by atoms with Gasteiger partial charge in [0.25, 0.3) is 0 Å². The molecule has 1 heteroatoms. The summed E-state index contributed by atoms with van der Waals surface area (Å²) in [5.74, 6) is 0. The largest absolute Gasteiger partial charge is 0.314 e. The first kappa shape index (κ1) is 19.7. The molecule has 0 aliphatic carbocycles. The average molecular weight is 390 g/mol. The third kappa shape index (κ3) is 4.21. The molecule has 0 bridgehead atoms. The summed E-state index contributed by atoms with van der Waals surface area (Å²) in [5, 5.41) is 0. The van der Waals surface area contributed by atoms with Crippen LogP contribution in [0.3, 0.4) is 0 Å². The predicted molar refractivity (Wildman–Crippen MR) is 129 cm³/mol. The summed E-state index contributed by atoms with van der Waals surface area (Å²) in [6.45, 7) is 6.48. The number of aryl methyl sites for hydroxylation is 2. The van der Waals surface area contributed by atoms with Crippen LogP contribution in [0.1, 0.15) is 29.2 Å². The van der Waals surface area contributed by atoms with Gasteiger partial charge in [0.2, 0.25) is 0 Å². The highest BCUT2D eigenvalue weighted by Crippen LogP contribution is 2.36. The van der Waals surface area contributed by atoms with E-state index in [4.69, 9.17) is 0 Å². The zero-order valence-electron chi connectivity index (χ0n) is 17.8. The van der Waals surface area contributed by atoms with E-state index in [-0.39, 0.29) is 0 Å². The van der Waals surface area contributed by atoms with Gasteiger partial charge >= 0.3 is 0 Å². The van der Waals surface area contributed by atoms with E-state index >= 15 is 0 Å². The molecule has 0 saturated heterocycles. The molecule has 0 fully saturated rings. The van der Waals surface area contributed by atoms with Gasteiger partial charge in [-0.2, -0.15) is 0 Å². The Labute approximate surface area is 179 Å². The molecule has 0 heterocycles. The SMILES string of the molecule is CC(=C(c1ccc(C)cc1)c1ccc(C)cc1)N(c1ccccc1)c1ccccc1. The number of anilines is 2. The fourth-order valence-corrected chi connectivity index (χ4v) is 3.83. The molecule has 0 amide bonds. The lowest BCUT2D eigenvalue weighted by Gasteiger charge is -2.29. The van der Waals surface area contributed by atoms with Crippen LogP contribution in [0.4, 0.5) is 11.4 Å². The summed E-state index contributed by atoms with van der Waals surface area (Å²) < 4.78 is 0. The molecule has 0 aliphatic heterocycles.